The third kappa shape index (κ3) is 3.97. The Morgan fingerprint density at radius 3 is 2.74 bits per heavy atom. The highest BCUT2D eigenvalue weighted by molar-refractivity contribution is 5.96. The Bertz CT molecular complexity index is 1150. The standard InChI is InChI=1S/C24H23N3O4/c1-15-21(19(14-25)23(30-15)27-12-5-6-13-27)24(29)31-16(2)22(28)26-20-11-7-9-17-8-3-4-10-18(17)20/h3-6,8,10,12-13,16,20H,7,9,11H2,1-2H3,(H,26,28)/t16-,20+/m1/s1. The van der Waals surface area contributed by atoms with E-state index < -0.39 is 12.1 Å². The van der Waals surface area contributed by atoms with E-state index >= 15 is 0 Å². The summed E-state index contributed by atoms with van der Waals surface area (Å²) in [4.78, 5) is 25.5. The monoisotopic (exact) mass is 417 g/mol. The Balaban J connectivity index is 1.48. The van der Waals surface area contributed by atoms with Crippen molar-refractivity contribution in [2.45, 2.75) is 45.3 Å². The predicted molar refractivity (Wildman–Crippen MR) is 113 cm³/mol. The number of esters is 1. The number of hydrogen-bond donors (Lipinski definition) is 1. The second kappa shape index (κ2) is 8.52. The molecule has 2 heterocycles. The van der Waals surface area contributed by atoms with Crippen LogP contribution in [0.4, 0.5) is 0 Å². The molecule has 2 aromatic heterocycles. The summed E-state index contributed by atoms with van der Waals surface area (Å²) < 4.78 is 12.7. The molecule has 0 spiro atoms. The largest absolute Gasteiger partial charge is 0.449 e. The van der Waals surface area contributed by atoms with Gasteiger partial charge in [-0.05, 0) is 56.4 Å². The van der Waals surface area contributed by atoms with Crippen LogP contribution >= 0.6 is 0 Å². The molecule has 0 fully saturated rings. The van der Waals surface area contributed by atoms with E-state index in [1.807, 2.05) is 24.3 Å². The molecule has 1 aliphatic carbocycles. The van der Waals surface area contributed by atoms with E-state index in [-0.39, 0.29) is 34.7 Å². The minimum absolute atomic E-state index is 0.0360. The van der Waals surface area contributed by atoms with E-state index in [1.165, 1.54) is 12.5 Å². The Morgan fingerprint density at radius 1 is 1.26 bits per heavy atom. The molecule has 1 amide bonds. The van der Waals surface area contributed by atoms with Gasteiger partial charge in [0, 0.05) is 12.4 Å². The van der Waals surface area contributed by atoms with Crippen LogP contribution in [0, 0.1) is 18.3 Å². The van der Waals surface area contributed by atoms with E-state index in [9.17, 15) is 14.9 Å². The third-order valence-electron chi connectivity index (χ3n) is 5.56. The number of carbonyl (C=O) groups is 2. The van der Waals surface area contributed by atoms with Crippen molar-refractivity contribution in [2.75, 3.05) is 0 Å². The van der Waals surface area contributed by atoms with Crippen LogP contribution in [-0.4, -0.2) is 22.5 Å². The highest BCUT2D eigenvalue weighted by Gasteiger charge is 2.30. The second-order valence-corrected chi connectivity index (χ2v) is 7.62. The van der Waals surface area contributed by atoms with Crippen molar-refractivity contribution in [3.63, 3.8) is 0 Å². The Hall–Kier alpha value is -3.79. The van der Waals surface area contributed by atoms with Gasteiger partial charge in [-0.25, -0.2) is 4.79 Å². The Morgan fingerprint density at radius 2 is 2.00 bits per heavy atom. The fraction of sp³-hybridized carbons (Fsp3) is 0.292. The predicted octanol–water partition coefficient (Wildman–Crippen LogP) is 3.99. The van der Waals surface area contributed by atoms with Gasteiger partial charge in [0.15, 0.2) is 6.10 Å². The lowest BCUT2D eigenvalue weighted by Crippen LogP contribution is -2.39. The van der Waals surface area contributed by atoms with Gasteiger partial charge in [0.1, 0.15) is 23.0 Å². The van der Waals surface area contributed by atoms with Crippen LogP contribution in [-0.2, 0) is 16.0 Å². The maximum Gasteiger partial charge on any atom is 0.343 e. The van der Waals surface area contributed by atoms with Crippen LogP contribution < -0.4 is 5.32 Å². The van der Waals surface area contributed by atoms with E-state index in [1.54, 1.807) is 36.0 Å². The highest BCUT2D eigenvalue weighted by Crippen LogP contribution is 2.30. The summed E-state index contributed by atoms with van der Waals surface area (Å²) in [5.74, 6) is -0.629. The Labute approximate surface area is 180 Å². The molecule has 7 heteroatoms. The van der Waals surface area contributed by atoms with Gasteiger partial charge in [0.2, 0.25) is 5.88 Å². The van der Waals surface area contributed by atoms with Gasteiger partial charge in [0.05, 0.1) is 6.04 Å². The zero-order valence-electron chi connectivity index (χ0n) is 17.4. The zero-order chi connectivity index (χ0) is 22.0. The molecule has 2 atom stereocenters. The van der Waals surface area contributed by atoms with Crippen molar-refractivity contribution in [1.29, 1.82) is 5.26 Å². The Kier molecular flexibility index (Phi) is 5.63. The zero-order valence-corrected chi connectivity index (χ0v) is 17.4. The number of nitrogens with one attached hydrogen (secondary N) is 1. The minimum atomic E-state index is -1.02. The molecule has 0 saturated heterocycles. The van der Waals surface area contributed by atoms with Crippen LogP contribution in [0.5, 0.6) is 0 Å². The molecule has 31 heavy (non-hydrogen) atoms. The van der Waals surface area contributed by atoms with E-state index in [2.05, 4.69) is 11.4 Å². The lowest BCUT2D eigenvalue weighted by Gasteiger charge is -2.27. The van der Waals surface area contributed by atoms with Gasteiger partial charge >= 0.3 is 5.97 Å². The summed E-state index contributed by atoms with van der Waals surface area (Å²) in [7, 11) is 0. The van der Waals surface area contributed by atoms with E-state index in [0.29, 0.717) is 0 Å². The molecule has 0 radical (unpaired) electrons. The molecule has 7 nitrogen and oxygen atoms in total. The van der Waals surface area contributed by atoms with Gasteiger partial charge in [-0.15, -0.1) is 0 Å². The topological polar surface area (TPSA) is 97.3 Å². The van der Waals surface area contributed by atoms with Crippen molar-refractivity contribution in [3.05, 3.63) is 76.8 Å². The molecule has 3 aromatic rings. The summed E-state index contributed by atoms with van der Waals surface area (Å²) in [5, 5.41) is 12.6. The highest BCUT2D eigenvalue weighted by atomic mass is 16.5. The molecule has 158 valence electrons. The van der Waals surface area contributed by atoms with Gasteiger partial charge in [-0.3, -0.25) is 9.36 Å². The lowest BCUT2D eigenvalue weighted by atomic mass is 9.87. The number of nitriles is 1. The van der Waals surface area contributed by atoms with Crippen LogP contribution in [0.2, 0.25) is 0 Å². The number of nitrogens with zero attached hydrogens (tertiary/aromatic N) is 2. The SMILES string of the molecule is Cc1oc(-n2cccc2)c(C#N)c1C(=O)O[C@H](C)C(=O)N[C@H]1CCCc2ccccc21. The summed E-state index contributed by atoms with van der Waals surface area (Å²) in [6, 6.07) is 13.5. The summed E-state index contributed by atoms with van der Waals surface area (Å²) in [6.07, 6.45) is 5.23. The first-order valence-electron chi connectivity index (χ1n) is 10.3. The van der Waals surface area contributed by atoms with Crippen LogP contribution in [0.1, 0.15) is 58.6 Å². The van der Waals surface area contributed by atoms with Crippen LogP contribution in [0.25, 0.3) is 5.88 Å². The molecule has 1 N–H and O–H groups in total. The number of aromatic nitrogens is 1. The number of amides is 1. The number of rotatable bonds is 5. The number of furan rings is 1. The fourth-order valence-corrected chi connectivity index (χ4v) is 4.00. The van der Waals surface area contributed by atoms with Crippen molar-refractivity contribution < 1.29 is 18.7 Å². The number of carbonyl (C=O) groups excluding carboxylic acids is 2. The molecule has 4 rings (SSSR count). The molecular weight excluding hydrogens is 394 g/mol. The van der Waals surface area contributed by atoms with Crippen LogP contribution in [0.15, 0.2) is 53.2 Å². The van der Waals surface area contributed by atoms with E-state index in [4.69, 9.17) is 9.15 Å². The maximum atomic E-state index is 12.8. The number of ether oxygens (including phenoxy) is 1. The van der Waals surface area contributed by atoms with Crippen LogP contribution in [0.3, 0.4) is 0 Å². The quantitative estimate of drug-likeness (QED) is 0.633. The minimum Gasteiger partial charge on any atom is -0.449 e. The van der Waals surface area contributed by atoms with Gasteiger partial charge in [-0.1, -0.05) is 24.3 Å². The lowest BCUT2D eigenvalue weighted by molar-refractivity contribution is -0.130. The summed E-state index contributed by atoms with van der Waals surface area (Å²) in [6.45, 7) is 3.12. The number of fused-ring (bicyclic) bond motifs is 1. The van der Waals surface area contributed by atoms with Crippen molar-refractivity contribution in [2.24, 2.45) is 0 Å². The van der Waals surface area contributed by atoms with Crippen molar-refractivity contribution in [1.82, 2.24) is 9.88 Å². The molecule has 0 aliphatic heterocycles. The number of benzene rings is 1. The molecule has 0 unspecified atom stereocenters. The van der Waals surface area contributed by atoms with Gasteiger partial charge < -0.3 is 14.5 Å². The van der Waals surface area contributed by atoms with Gasteiger partial charge in [-0.2, -0.15) is 5.26 Å². The molecule has 0 saturated carbocycles. The summed E-state index contributed by atoms with van der Waals surface area (Å²) in [5.41, 5.74) is 2.45. The average molecular weight is 417 g/mol. The average Bonchev–Trinajstić information content (AvgIpc) is 3.41. The third-order valence-corrected chi connectivity index (χ3v) is 5.56. The first-order chi connectivity index (χ1) is 15.0. The van der Waals surface area contributed by atoms with Gasteiger partial charge in [0.25, 0.3) is 5.91 Å². The first kappa shape index (κ1) is 20.5. The summed E-state index contributed by atoms with van der Waals surface area (Å²) >= 11 is 0. The number of aryl methyl sites for hydroxylation is 2. The van der Waals surface area contributed by atoms with Crippen molar-refractivity contribution in [3.8, 4) is 12.0 Å². The van der Waals surface area contributed by atoms with E-state index in [0.717, 1.165) is 24.8 Å². The molecule has 1 aromatic carbocycles. The number of hydrogen-bond acceptors (Lipinski definition) is 5. The smallest absolute Gasteiger partial charge is 0.343 e. The van der Waals surface area contributed by atoms with Crippen molar-refractivity contribution >= 4 is 11.9 Å². The molecule has 1 aliphatic rings. The molecular formula is C24H23N3O4. The molecule has 0 bridgehead atoms. The normalized spacial score (nSPS) is 16.1. The fourth-order valence-electron chi connectivity index (χ4n) is 4.00. The second-order valence-electron chi connectivity index (χ2n) is 7.62. The first-order valence-corrected chi connectivity index (χ1v) is 10.3. The maximum absolute atomic E-state index is 12.8.